The van der Waals surface area contributed by atoms with Gasteiger partial charge in [0, 0.05) is 24.9 Å². The molecule has 0 radical (unpaired) electrons. The molecular weight excluding hydrogens is 320 g/mol. The van der Waals surface area contributed by atoms with Gasteiger partial charge in [-0.15, -0.1) is 0 Å². The molecule has 1 saturated heterocycles. The number of carbonyl (C=O) groups excluding carboxylic acids is 2. The topological polar surface area (TPSA) is 104 Å². The van der Waals surface area contributed by atoms with Crippen LogP contribution in [0, 0.1) is 5.92 Å². The highest BCUT2D eigenvalue weighted by Gasteiger charge is 2.32. The third-order valence-corrected chi connectivity index (χ3v) is 5.22. The van der Waals surface area contributed by atoms with E-state index in [4.69, 9.17) is 4.55 Å². The van der Waals surface area contributed by atoms with Crippen LogP contribution in [-0.4, -0.2) is 53.6 Å². The number of amides is 2. The zero-order valence-corrected chi connectivity index (χ0v) is 15.1. The highest BCUT2D eigenvalue weighted by atomic mass is 32.2. The van der Waals surface area contributed by atoms with E-state index in [1.165, 1.54) is 0 Å². The molecular formula is C15H28N2O5S. The molecule has 0 bridgehead atoms. The van der Waals surface area contributed by atoms with E-state index in [0.717, 1.165) is 13.0 Å². The summed E-state index contributed by atoms with van der Waals surface area (Å²) in [5.74, 6) is -0.972. The van der Waals surface area contributed by atoms with Gasteiger partial charge in [0.25, 0.3) is 10.1 Å². The van der Waals surface area contributed by atoms with Crippen molar-refractivity contribution in [3.05, 3.63) is 0 Å². The normalized spacial score (nSPS) is 18.8. The molecule has 1 rings (SSSR count). The van der Waals surface area contributed by atoms with Gasteiger partial charge in [0.05, 0.1) is 11.3 Å². The average Bonchev–Trinajstić information content (AvgIpc) is 2.78. The van der Waals surface area contributed by atoms with Crippen LogP contribution in [0.2, 0.25) is 0 Å². The van der Waals surface area contributed by atoms with Crippen LogP contribution in [0.1, 0.15) is 53.4 Å². The Bertz CT molecular complexity index is 544. The molecule has 1 fully saturated rings. The van der Waals surface area contributed by atoms with E-state index in [0.29, 0.717) is 19.3 Å². The van der Waals surface area contributed by atoms with Crippen molar-refractivity contribution < 1.29 is 22.6 Å². The van der Waals surface area contributed by atoms with Crippen molar-refractivity contribution in [2.45, 2.75) is 65.0 Å². The van der Waals surface area contributed by atoms with Gasteiger partial charge in [0.1, 0.15) is 0 Å². The smallest absolute Gasteiger partial charge is 0.267 e. The molecule has 1 aliphatic rings. The van der Waals surface area contributed by atoms with E-state index in [1.54, 1.807) is 18.7 Å². The lowest BCUT2D eigenvalue weighted by Crippen LogP contribution is -2.51. The molecule has 0 aromatic rings. The monoisotopic (exact) mass is 348 g/mol. The number of hydrogen-bond donors (Lipinski definition) is 2. The van der Waals surface area contributed by atoms with Crippen molar-refractivity contribution in [1.29, 1.82) is 0 Å². The lowest BCUT2D eigenvalue weighted by Gasteiger charge is -2.30. The molecule has 23 heavy (non-hydrogen) atoms. The van der Waals surface area contributed by atoms with Crippen molar-refractivity contribution in [3.8, 4) is 0 Å². The van der Waals surface area contributed by atoms with E-state index < -0.39 is 21.4 Å². The molecule has 7 nitrogen and oxygen atoms in total. The fourth-order valence-corrected chi connectivity index (χ4v) is 4.05. The van der Waals surface area contributed by atoms with Gasteiger partial charge in [0.15, 0.2) is 0 Å². The first kappa shape index (κ1) is 19.9. The lowest BCUT2D eigenvalue weighted by atomic mass is 9.95. The standard InChI is InChI=1S/C15H28N2O5S/c1-5-12(9-11(2)17-8-6-7-13(17)18)14(19)16-15(3,4)10-23(20,21)22/h11-12H,5-10H2,1-4H3,(H,16,19)(H,20,21,22). The number of hydrogen-bond acceptors (Lipinski definition) is 4. The minimum absolute atomic E-state index is 0.0228. The van der Waals surface area contributed by atoms with Crippen LogP contribution in [0.25, 0.3) is 0 Å². The molecule has 0 saturated carbocycles. The maximum Gasteiger partial charge on any atom is 0.267 e. The molecule has 1 heterocycles. The number of carbonyl (C=O) groups is 2. The van der Waals surface area contributed by atoms with Crippen molar-refractivity contribution in [1.82, 2.24) is 10.2 Å². The maximum atomic E-state index is 12.4. The second kappa shape index (κ2) is 7.61. The summed E-state index contributed by atoms with van der Waals surface area (Å²) in [7, 11) is -4.17. The Balaban J connectivity index is 2.66. The van der Waals surface area contributed by atoms with Gasteiger partial charge in [0.2, 0.25) is 11.8 Å². The number of likely N-dealkylation sites (tertiary alicyclic amines) is 1. The van der Waals surface area contributed by atoms with Crippen molar-refractivity contribution in [2.24, 2.45) is 5.92 Å². The summed E-state index contributed by atoms with van der Waals surface area (Å²) in [5, 5.41) is 2.69. The fourth-order valence-electron chi connectivity index (χ4n) is 3.06. The number of rotatable bonds is 8. The summed E-state index contributed by atoms with van der Waals surface area (Å²) in [4.78, 5) is 26.0. The van der Waals surface area contributed by atoms with Gasteiger partial charge >= 0.3 is 0 Å². The first-order valence-electron chi connectivity index (χ1n) is 8.02. The van der Waals surface area contributed by atoms with E-state index in [9.17, 15) is 18.0 Å². The van der Waals surface area contributed by atoms with Crippen LogP contribution in [0.15, 0.2) is 0 Å². The SMILES string of the molecule is CCC(CC(C)N1CCCC1=O)C(=O)NC(C)(C)CS(=O)(=O)O. The predicted molar refractivity (Wildman–Crippen MR) is 87.4 cm³/mol. The zero-order valence-electron chi connectivity index (χ0n) is 14.3. The molecule has 0 aromatic heterocycles. The Morgan fingerprint density at radius 3 is 2.48 bits per heavy atom. The molecule has 0 spiro atoms. The Labute approximate surface area is 138 Å². The summed E-state index contributed by atoms with van der Waals surface area (Å²) < 4.78 is 31.0. The largest absolute Gasteiger partial charge is 0.350 e. The minimum Gasteiger partial charge on any atom is -0.350 e. The summed E-state index contributed by atoms with van der Waals surface area (Å²) in [6.45, 7) is 7.66. The van der Waals surface area contributed by atoms with Crippen LogP contribution in [0.3, 0.4) is 0 Å². The minimum atomic E-state index is -4.17. The summed E-state index contributed by atoms with van der Waals surface area (Å²) in [6, 6.07) is -0.0228. The van der Waals surface area contributed by atoms with E-state index >= 15 is 0 Å². The van der Waals surface area contributed by atoms with Crippen molar-refractivity contribution in [3.63, 3.8) is 0 Å². The Morgan fingerprint density at radius 1 is 1.43 bits per heavy atom. The predicted octanol–water partition coefficient (Wildman–Crippen LogP) is 1.20. The zero-order chi connectivity index (χ0) is 17.8. The Kier molecular flexibility index (Phi) is 6.59. The molecule has 2 unspecified atom stereocenters. The average molecular weight is 348 g/mol. The first-order valence-corrected chi connectivity index (χ1v) is 9.63. The highest BCUT2D eigenvalue weighted by molar-refractivity contribution is 7.85. The quantitative estimate of drug-likeness (QED) is 0.641. The molecule has 2 N–H and O–H groups in total. The van der Waals surface area contributed by atoms with Crippen LogP contribution in [0.4, 0.5) is 0 Å². The van der Waals surface area contributed by atoms with Crippen LogP contribution in [0.5, 0.6) is 0 Å². The molecule has 1 aliphatic heterocycles. The molecule has 2 atom stereocenters. The second-order valence-corrected chi connectivity index (χ2v) is 8.43. The molecule has 2 amide bonds. The highest BCUT2D eigenvalue weighted by Crippen LogP contribution is 2.21. The van der Waals surface area contributed by atoms with Gasteiger partial charge in [-0.25, -0.2) is 0 Å². The third kappa shape index (κ3) is 6.47. The summed E-state index contributed by atoms with van der Waals surface area (Å²) >= 11 is 0. The van der Waals surface area contributed by atoms with Gasteiger partial charge in [-0.3, -0.25) is 14.1 Å². The van der Waals surface area contributed by atoms with Gasteiger partial charge < -0.3 is 10.2 Å². The fraction of sp³-hybridized carbons (Fsp3) is 0.867. The molecule has 0 aromatic carbocycles. The van der Waals surface area contributed by atoms with E-state index in [-0.39, 0.29) is 23.8 Å². The van der Waals surface area contributed by atoms with Crippen LogP contribution < -0.4 is 5.32 Å². The van der Waals surface area contributed by atoms with Gasteiger partial charge in [-0.05, 0) is 40.0 Å². The van der Waals surface area contributed by atoms with Gasteiger partial charge in [-0.2, -0.15) is 8.42 Å². The second-order valence-electron chi connectivity index (χ2n) is 6.98. The Hall–Kier alpha value is -1.15. The molecule has 8 heteroatoms. The summed E-state index contributed by atoms with van der Waals surface area (Å²) in [5.41, 5.74) is -1.05. The van der Waals surface area contributed by atoms with Crippen molar-refractivity contribution >= 4 is 21.9 Å². The number of nitrogens with one attached hydrogen (secondary N) is 1. The molecule has 0 aliphatic carbocycles. The van der Waals surface area contributed by atoms with Crippen LogP contribution in [-0.2, 0) is 19.7 Å². The number of nitrogens with zero attached hydrogens (tertiary/aromatic N) is 1. The van der Waals surface area contributed by atoms with Crippen molar-refractivity contribution in [2.75, 3.05) is 12.3 Å². The lowest BCUT2D eigenvalue weighted by molar-refractivity contribution is -0.132. The third-order valence-electron chi connectivity index (χ3n) is 4.14. The van der Waals surface area contributed by atoms with E-state index in [1.807, 2.05) is 13.8 Å². The molecule has 134 valence electrons. The van der Waals surface area contributed by atoms with Crippen LogP contribution >= 0.6 is 0 Å². The van der Waals surface area contributed by atoms with E-state index in [2.05, 4.69) is 5.32 Å². The summed E-state index contributed by atoms with van der Waals surface area (Å²) in [6.07, 6.45) is 2.55. The first-order chi connectivity index (χ1) is 10.4. The van der Waals surface area contributed by atoms with Gasteiger partial charge in [-0.1, -0.05) is 6.92 Å². The maximum absolute atomic E-state index is 12.4. The Morgan fingerprint density at radius 2 is 2.04 bits per heavy atom.